The van der Waals surface area contributed by atoms with Gasteiger partial charge in [0.05, 0.1) is 0 Å². The number of hydrogen-bond donors (Lipinski definition) is 1. The highest BCUT2D eigenvalue weighted by Gasteiger charge is 2.37. The van der Waals surface area contributed by atoms with Gasteiger partial charge in [0.2, 0.25) is 0 Å². The van der Waals surface area contributed by atoms with E-state index in [1.807, 2.05) is 0 Å². The van der Waals surface area contributed by atoms with Gasteiger partial charge in [-0.15, -0.1) is 0 Å². The van der Waals surface area contributed by atoms with Gasteiger partial charge in [-0.1, -0.05) is 19.8 Å². The van der Waals surface area contributed by atoms with Gasteiger partial charge in [-0.2, -0.15) is 0 Å². The van der Waals surface area contributed by atoms with E-state index in [2.05, 4.69) is 31.0 Å². The van der Waals surface area contributed by atoms with Gasteiger partial charge in [0, 0.05) is 24.7 Å². The Morgan fingerprint density at radius 1 is 1.13 bits per heavy atom. The molecule has 2 heterocycles. The molecule has 0 radical (unpaired) electrons. The molecule has 88 valence electrons. The molecule has 0 saturated carbocycles. The second-order valence-corrected chi connectivity index (χ2v) is 5.47. The van der Waals surface area contributed by atoms with E-state index in [0.717, 1.165) is 24.0 Å². The maximum Gasteiger partial charge on any atom is 0.0266 e. The molecule has 0 aliphatic carbocycles. The van der Waals surface area contributed by atoms with Crippen LogP contribution in [0.5, 0.6) is 0 Å². The van der Waals surface area contributed by atoms with Crippen molar-refractivity contribution in [2.75, 3.05) is 13.1 Å². The van der Waals surface area contributed by atoms with E-state index >= 15 is 0 Å². The van der Waals surface area contributed by atoms with Crippen molar-refractivity contribution >= 4 is 0 Å². The Labute approximate surface area is 94.4 Å². The predicted octanol–water partition coefficient (Wildman–Crippen LogP) is 2.25. The second-order valence-electron chi connectivity index (χ2n) is 5.47. The van der Waals surface area contributed by atoms with E-state index < -0.39 is 0 Å². The van der Waals surface area contributed by atoms with Crippen LogP contribution in [0.1, 0.15) is 46.5 Å². The van der Waals surface area contributed by atoms with Crippen LogP contribution in [0, 0.1) is 5.92 Å². The molecule has 0 bridgehead atoms. The number of hydrogen-bond acceptors (Lipinski definition) is 2. The van der Waals surface area contributed by atoms with Crippen molar-refractivity contribution in [2.24, 2.45) is 5.92 Å². The topological polar surface area (TPSA) is 15.3 Å². The van der Waals surface area contributed by atoms with E-state index in [-0.39, 0.29) is 0 Å². The lowest BCUT2D eigenvalue weighted by molar-refractivity contribution is 0.0433. The molecule has 0 aromatic heterocycles. The van der Waals surface area contributed by atoms with Crippen LogP contribution in [0.25, 0.3) is 0 Å². The van der Waals surface area contributed by atoms with E-state index in [1.165, 1.54) is 38.8 Å². The third-order valence-electron chi connectivity index (χ3n) is 4.47. The van der Waals surface area contributed by atoms with Crippen molar-refractivity contribution in [3.05, 3.63) is 0 Å². The van der Waals surface area contributed by atoms with Crippen molar-refractivity contribution in [3.63, 3.8) is 0 Å². The van der Waals surface area contributed by atoms with E-state index in [9.17, 15) is 0 Å². The average Bonchev–Trinajstić information content (AvgIpc) is 2.65. The minimum absolute atomic E-state index is 0.799. The standard InChI is InChI=1S/C13H26N2/c1-4-12-8-14-9-13(12)15-10(2)6-5-7-11(15)3/h10-14H,4-9H2,1-3H3. The highest BCUT2D eigenvalue weighted by Crippen LogP contribution is 2.30. The summed E-state index contributed by atoms with van der Waals surface area (Å²) < 4.78 is 0. The maximum absolute atomic E-state index is 3.57. The molecule has 4 atom stereocenters. The molecule has 4 unspecified atom stereocenters. The van der Waals surface area contributed by atoms with Crippen molar-refractivity contribution in [1.29, 1.82) is 0 Å². The van der Waals surface area contributed by atoms with Crippen LogP contribution in [0.4, 0.5) is 0 Å². The van der Waals surface area contributed by atoms with Gasteiger partial charge in [-0.05, 0) is 39.2 Å². The monoisotopic (exact) mass is 210 g/mol. The van der Waals surface area contributed by atoms with Crippen LogP contribution >= 0.6 is 0 Å². The molecule has 0 aromatic carbocycles. The molecular formula is C13H26N2. The first kappa shape index (κ1) is 11.4. The molecule has 1 N–H and O–H groups in total. The maximum atomic E-state index is 3.57. The summed E-state index contributed by atoms with van der Waals surface area (Å²) in [5.74, 6) is 0.882. The quantitative estimate of drug-likeness (QED) is 0.752. The molecule has 2 aliphatic rings. The number of piperidine rings is 1. The second kappa shape index (κ2) is 4.84. The minimum Gasteiger partial charge on any atom is -0.315 e. The van der Waals surface area contributed by atoms with E-state index in [0.29, 0.717) is 0 Å². The van der Waals surface area contributed by atoms with Crippen molar-refractivity contribution < 1.29 is 0 Å². The molecule has 2 saturated heterocycles. The van der Waals surface area contributed by atoms with E-state index in [1.54, 1.807) is 0 Å². The summed E-state index contributed by atoms with van der Waals surface area (Å²) in [7, 11) is 0. The van der Waals surface area contributed by atoms with Gasteiger partial charge >= 0.3 is 0 Å². The number of rotatable bonds is 2. The summed E-state index contributed by atoms with van der Waals surface area (Å²) in [6.07, 6.45) is 5.55. The fourth-order valence-electron chi connectivity index (χ4n) is 3.58. The van der Waals surface area contributed by atoms with Gasteiger partial charge < -0.3 is 5.32 Å². The molecular weight excluding hydrogens is 184 g/mol. The Bertz CT molecular complexity index is 195. The molecule has 0 spiro atoms. The first-order valence-electron chi connectivity index (χ1n) is 6.72. The normalized spacial score (nSPS) is 43.4. The number of likely N-dealkylation sites (tertiary alicyclic amines) is 1. The Morgan fingerprint density at radius 2 is 1.80 bits per heavy atom. The predicted molar refractivity (Wildman–Crippen MR) is 65.1 cm³/mol. The summed E-state index contributed by atoms with van der Waals surface area (Å²) in [5, 5.41) is 3.57. The zero-order chi connectivity index (χ0) is 10.8. The summed E-state index contributed by atoms with van der Waals surface area (Å²) >= 11 is 0. The molecule has 2 aliphatic heterocycles. The molecule has 15 heavy (non-hydrogen) atoms. The van der Waals surface area contributed by atoms with Crippen molar-refractivity contribution in [1.82, 2.24) is 10.2 Å². The molecule has 2 rings (SSSR count). The lowest BCUT2D eigenvalue weighted by Crippen LogP contribution is -2.52. The highest BCUT2D eigenvalue weighted by atomic mass is 15.2. The Balaban J connectivity index is 2.06. The van der Waals surface area contributed by atoms with Gasteiger partial charge in [0.25, 0.3) is 0 Å². The molecule has 2 nitrogen and oxygen atoms in total. The first-order valence-corrected chi connectivity index (χ1v) is 6.72. The van der Waals surface area contributed by atoms with Gasteiger partial charge in [-0.25, -0.2) is 0 Å². The minimum atomic E-state index is 0.799. The third kappa shape index (κ3) is 2.21. The molecule has 2 heteroatoms. The fourth-order valence-corrected chi connectivity index (χ4v) is 3.58. The van der Waals surface area contributed by atoms with Crippen molar-refractivity contribution in [2.45, 2.75) is 64.6 Å². The SMILES string of the molecule is CCC1CNCC1N1C(C)CCCC1C. The highest BCUT2D eigenvalue weighted by molar-refractivity contribution is 4.93. The average molecular weight is 210 g/mol. The number of nitrogens with one attached hydrogen (secondary N) is 1. The zero-order valence-electron chi connectivity index (χ0n) is 10.5. The summed E-state index contributed by atoms with van der Waals surface area (Å²) in [4.78, 5) is 2.80. The lowest BCUT2D eigenvalue weighted by Gasteiger charge is -2.44. The molecule has 2 fully saturated rings. The smallest absolute Gasteiger partial charge is 0.0266 e. The molecule has 0 aromatic rings. The summed E-state index contributed by atoms with van der Waals surface area (Å²) in [5.41, 5.74) is 0. The largest absolute Gasteiger partial charge is 0.315 e. The first-order chi connectivity index (χ1) is 7.24. The van der Waals surface area contributed by atoms with Crippen LogP contribution in [-0.4, -0.2) is 36.1 Å². The third-order valence-corrected chi connectivity index (χ3v) is 4.47. The van der Waals surface area contributed by atoms with Crippen LogP contribution in [-0.2, 0) is 0 Å². The summed E-state index contributed by atoms with van der Waals surface area (Å²) in [6.45, 7) is 9.62. The van der Waals surface area contributed by atoms with Gasteiger partial charge in [-0.3, -0.25) is 4.90 Å². The lowest BCUT2D eigenvalue weighted by atomic mass is 9.90. The van der Waals surface area contributed by atoms with E-state index in [4.69, 9.17) is 0 Å². The van der Waals surface area contributed by atoms with Crippen LogP contribution < -0.4 is 5.32 Å². The Hall–Kier alpha value is -0.0800. The zero-order valence-corrected chi connectivity index (χ0v) is 10.5. The van der Waals surface area contributed by atoms with Crippen LogP contribution in [0.3, 0.4) is 0 Å². The Morgan fingerprint density at radius 3 is 2.40 bits per heavy atom. The van der Waals surface area contributed by atoms with Crippen molar-refractivity contribution in [3.8, 4) is 0 Å². The summed E-state index contributed by atoms with van der Waals surface area (Å²) in [6, 6.07) is 2.40. The Kier molecular flexibility index (Phi) is 3.68. The van der Waals surface area contributed by atoms with Crippen LogP contribution in [0.2, 0.25) is 0 Å². The van der Waals surface area contributed by atoms with Gasteiger partial charge in [0.1, 0.15) is 0 Å². The molecule has 0 amide bonds. The number of nitrogens with zero attached hydrogens (tertiary/aromatic N) is 1. The van der Waals surface area contributed by atoms with Gasteiger partial charge in [0.15, 0.2) is 0 Å². The van der Waals surface area contributed by atoms with Crippen LogP contribution in [0.15, 0.2) is 0 Å². The fraction of sp³-hybridized carbons (Fsp3) is 1.00.